The molecule has 1 aromatic carbocycles. The monoisotopic (exact) mass is 497 g/mol. The molecule has 2 aromatic heterocycles. The Balaban J connectivity index is 0.00000171. The van der Waals surface area contributed by atoms with Gasteiger partial charge in [-0.05, 0) is 42.3 Å². The first-order valence-electron chi connectivity index (χ1n) is 9.61. The van der Waals surface area contributed by atoms with Crippen LogP contribution in [0.25, 0.3) is 17.0 Å². The normalized spacial score (nSPS) is 15.5. The zero-order valence-corrected chi connectivity index (χ0v) is 19.6. The van der Waals surface area contributed by atoms with Gasteiger partial charge in [-0.25, -0.2) is 10.5 Å². The van der Waals surface area contributed by atoms with Crippen molar-refractivity contribution in [3.63, 3.8) is 0 Å². The lowest BCUT2D eigenvalue weighted by molar-refractivity contribution is -0.124. The first-order valence-corrected chi connectivity index (χ1v) is 9.61. The minimum Gasteiger partial charge on any atom is -0.366 e. The number of hydroxylamine groups is 1. The number of hydrogen-bond donors (Lipinski definition) is 3. The number of benzene rings is 1. The molecule has 0 saturated carbocycles. The summed E-state index contributed by atoms with van der Waals surface area (Å²) in [6.07, 6.45) is 5.58. The molecule has 3 heterocycles. The van der Waals surface area contributed by atoms with Crippen molar-refractivity contribution in [2.75, 3.05) is 18.4 Å². The fourth-order valence-corrected chi connectivity index (χ4v) is 3.53. The molecule has 1 atom stereocenters. The third kappa shape index (κ3) is 7.32. The van der Waals surface area contributed by atoms with E-state index in [0.29, 0.717) is 6.04 Å². The fraction of sp³-hybridized carbons (Fsp3) is 0.227. The van der Waals surface area contributed by atoms with E-state index >= 15 is 0 Å². The smallest absolute Gasteiger partial charge is 0.267 e. The molecule has 10 heteroatoms. The number of nitrogens with zero attached hydrogens (tertiary/aromatic N) is 3. The lowest BCUT2D eigenvalue weighted by Crippen LogP contribution is -2.26. The van der Waals surface area contributed by atoms with Gasteiger partial charge in [0.05, 0.1) is 11.2 Å². The van der Waals surface area contributed by atoms with E-state index < -0.39 is 5.91 Å². The number of rotatable bonds is 6. The quantitative estimate of drug-likeness (QED) is 0.269. The number of hydrogen-bond acceptors (Lipinski definition) is 6. The first-order chi connectivity index (χ1) is 14.2. The Bertz CT molecular complexity index is 1030. The zero-order valence-electron chi connectivity index (χ0n) is 17.2. The average molecular weight is 499 g/mol. The van der Waals surface area contributed by atoms with Crippen molar-refractivity contribution in [3.05, 3.63) is 72.1 Å². The highest BCUT2D eigenvalue weighted by Gasteiger charge is 2.23. The van der Waals surface area contributed by atoms with E-state index in [-0.39, 0.29) is 37.2 Å². The number of amides is 1. The molecule has 1 fully saturated rings. The Morgan fingerprint density at radius 1 is 1.12 bits per heavy atom. The lowest BCUT2D eigenvalue weighted by Gasteiger charge is -2.17. The van der Waals surface area contributed by atoms with Crippen LogP contribution in [0.15, 0.2) is 60.8 Å². The van der Waals surface area contributed by atoms with E-state index in [9.17, 15) is 4.79 Å². The molecular weight excluding hydrogens is 473 g/mol. The largest absolute Gasteiger partial charge is 0.366 e. The van der Waals surface area contributed by atoms with Crippen LogP contribution in [0, 0.1) is 0 Å². The number of pyridine rings is 2. The van der Waals surface area contributed by atoms with Crippen LogP contribution in [-0.2, 0) is 11.3 Å². The molecule has 1 aliphatic heterocycles. The number of para-hydroxylation sites is 1. The second kappa shape index (κ2) is 13.2. The Morgan fingerprint density at radius 3 is 2.69 bits per heavy atom. The van der Waals surface area contributed by atoms with Crippen LogP contribution in [0.1, 0.15) is 17.7 Å². The van der Waals surface area contributed by atoms with Crippen LogP contribution in [0.4, 0.5) is 5.82 Å². The van der Waals surface area contributed by atoms with Crippen molar-refractivity contribution in [1.29, 1.82) is 0 Å². The van der Waals surface area contributed by atoms with Gasteiger partial charge in [-0.3, -0.25) is 19.9 Å². The van der Waals surface area contributed by atoms with E-state index in [1.54, 1.807) is 17.8 Å². The Kier molecular flexibility index (Phi) is 11.4. The topological polar surface area (TPSA) is 90.4 Å². The predicted molar refractivity (Wildman–Crippen MR) is 134 cm³/mol. The zero-order chi connectivity index (χ0) is 20.1. The third-order valence-electron chi connectivity index (χ3n) is 4.99. The van der Waals surface area contributed by atoms with Crippen LogP contribution >= 0.6 is 37.2 Å². The van der Waals surface area contributed by atoms with Gasteiger partial charge in [0, 0.05) is 43.3 Å². The average Bonchev–Trinajstić information content (AvgIpc) is 3.19. The lowest BCUT2D eigenvalue weighted by atomic mass is 10.2. The number of halogens is 3. The molecule has 1 aliphatic rings. The van der Waals surface area contributed by atoms with Gasteiger partial charge in [0.2, 0.25) is 0 Å². The molecule has 7 nitrogen and oxygen atoms in total. The maximum absolute atomic E-state index is 11.0. The molecule has 0 unspecified atom stereocenters. The van der Waals surface area contributed by atoms with Crippen LogP contribution in [-0.4, -0.2) is 45.1 Å². The highest BCUT2D eigenvalue weighted by Crippen LogP contribution is 2.18. The first kappa shape index (κ1) is 27.6. The maximum atomic E-state index is 11.0. The van der Waals surface area contributed by atoms with Gasteiger partial charge < -0.3 is 5.32 Å². The maximum Gasteiger partial charge on any atom is 0.267 e. The van der Waals surface area contributed by atoms with Gasteiger partial charge in [-0.2, -0.15) is 0 Å². The summed E-state index contributed by atoms with van der Waals surface area (Å²) in [5.74, 6) is 0.239. The van der Waals surface area contributed by atoms with Crippen molar-refractivity contribution >= 4 is 65.9 Å². The van der Waals surface area contributed by atoms with Crippen molar-refractivity contribution < 1.29 is 10.0 Å². The summed E-state index contributed by atoms with van der Waals surface area (Å²) < 4.78 is 0. The molecule has 0 aliphatic carbocycles. The van der Waals surface area contributed by atoms with Crippen LogP contribution in [0.5, 0.6) is 0 Å². The van der Waals surface area contributed by atoms with Crippen LogP contribution in [0.3, 0.4) is 0 Å². The highest BCUT2D eigenvalue weighted by atomic mass is 35.5. The number of carbonyl (C=O) groups is 1. The van der Waals surface area contributed by atoms with E-state index in [4.69, 9.17) is 10.2 Å². The minimum absolute atomic E-state index is 0. The number of carbonyl (C=O) groups excluding carboxylic acids is 1. The van der Waals surface area contributed by atoms with E-state index in [2.05, 4.69) is 33.4 Å². The predicted octanol–water partition coefficient (Wildman–Crippen LogP) is 4.10. The van der Waals surface area contributed by atoms with E-state index in [1.165, 1.54) is 11.5 Å². The standard InChI is InChI=1S/C22H23N5O2.3ClH/c28-22(26-29)10-6-16-5-9-21(23-13-16)25-19-11-12-27(15-19)14-18-8-7-17-3-1-2-4-20(17)24-18;;;/h1-10,13,19,29H,11-12,14-15H2,(H,23,25)(H,26,28);3*1H/b10-6+;;;/t19-;;;/m1.../s1. The molecule has 32 heavy (non-hydrogen) atoms. The van der Waals surface area contributed by atoms with E-state index in [0.717, 1.165) is 48.6 Å². The minimum atomic E-state index is -0.570. The van der Waals surface area contributed by atoms with Crippen molar-refractivity contribution in [2.45, 2.75) is 19.0 Å². The summed E-state index contributed by atoms with van der Waals surface area (Å²) in [6, 6.07) is 16.5. The Hall–Kier alpha value is -2.42. The second-order valence-corrected chi connectivity index (χ2v) is 7.15. The van der Waals surface area contributed by atoms with Gasteiger partial charge in [0.15, 0.2) is 0 Å². The number of fused-ring (bicyclic) bond motifs is 1. The van der Waals surface area contributed by atoms with Crippen LogP contribution < -0.4 is 10.8 Å². The Morgan fingerprint density at radius 2 is 1.94 bits per heavy atom. The molecular formula is C22H26Cl3N5O2. The van der Waals surface area contributed by atoms with Gasteiger partial charge >= 0.3 is 0 Å². The molecule has 0 radical (unpaired) electrons. The summed E-state index contributed by atoms with van der Waals surface area (Å²) >= 11 is 0. The van der Waals surface area contributed by atoms with Gasteiger partial charge in [-0.15, -0.1) is 37.2 Å². The molecule has 1 amide bonds. The number of aromatic nitrogens is 2. The molecule has 4 rings (SSSR count). The molecule has 3 aromatic rings. The van der Waals surface area contributed by atoms with Crippen molar-refractivity contribution in [3.8, 4) is 0 Å². The Labute approximate surface area is 205 Å². The summed E-state index contributed by atoms with van der Waals surface area (Å²) in [7, 11) is 0. The van der Waals surface area contributed by atoms with E-state index in [1.807, 2.05) is 30.3 Å². The summed E-state index contributed by atoms with van der Waals surface area (Å²) in [4.78, 5) is 22.6. The summed E-state index contributed by atoms with van der Waals surface area (Å²) in [5, 5.41) is 13.1. The number of nitrogens with one attached hydrogen (secondary N) is 2. The SMILES string of the molecule is Cl.Cl.Cl.O=C(/C=C/c1ccc(N[C@@H]2CCN(Cc3ccc4ccccc4n3)C2)nc1)NO. The van der Waals surface area contributed by atoms with Gasteiger partial charge in [0.25, 0.3) is 5.91 Å². The highest BCUT2D eigenvalue weighted by molar-refractivity contribution is 5.90. The van der Waals surface area contributed by atoms with Crippen molar-refractivity contribution in [1.82, 2.24) is 20.3 Å². The molecule has 0 spiro atoms. The molecule has 1 saturated heterocycles. The second-order valence-electron chi connectivity index (χ2n) is 7.15. The fourth-order valence-electron chi connectivity index (χ4n) is 3.53. The summed E-state index contributed by atoms with van der Waals surface area (Å²) in [5.41, 5.74) is 4.47. The molecule has 3 N–H and O–H groups in total. The van der Waals surface area contributed by atoms with Crippen LogP contribution in [0.2, 0.25) is 0 Å². The number of likely N-dealkylation sites (tertiary alicyclic amines) is 1. The summed E-state index contributed by atoms with van der Waals surface area (Å²) in [6.45, 7) is 2.80. The molecule has 0 bridgehead atoms. The number of anilines is 1. The van der Waals surface area contributed by atoms with Crippen molar-refractivity contribution in [2.24, 2.45) is 0 Å². The van der Waals surface area contributed by atoms with Gasteiger partial charge in [-0.1, -0.05) is 24.3 Å². The van der Waals surface area contributed by atoms with Gasteiger partial charge in [0.1, 0.15) is 5.82 Å². The third-order valence-corrected chi connectivity index (χ3v) is 4.99. The molecule has 172 valence electrons.